The molecule has 0 spiro atoms. The summed E-state index contributed by atoms with van der Waals surface area (Å²) in [6.07, 6.45) is 2.27. The first-order valence-electron chi connectivity index (χ1n) is 6.64. The lowest BCUT2D eigenvalue weighted by molar-refractivity contribution is -0.157. The smallest absolute Gasteiger partial charge is 0.373 e. The molecule has 0 aromatic heterocycles. The molecule has 1 aliphatic rings. The molecule has 106 valence electrons. The molecule has 0 unspecified atom stereocenters. The van der Waals surface area contributed by atoms with Crippen molar-refractivity contribution in [1.82, 2.24) is 0 Å². The van der Waals surface area contributed by atoms with Crippen molar-refractivity contribution in [3.05, 3.63) is 47.7 Å². The fourth-order valence-electron chi connectivity index (χ4n) is 2.78. The molecule has 20 heavy (non-hydrogen) atoms. The number of methoxy groups -OCH3 is 1. The first-order valence-corrected chi connectivity index (χ1v) is 6.64. The highest BCUT2D eigenvalue weighted by Crippen LogP contribution is 2.41. The minimum absolute atomic E-state index is 0.0231. The van der Waals surface area contributed by atoms with Gasteiger partial charge >= 0.3 is 11.9 Å². The summed E-state index contributed by atoms with van der Waals surface area (Å²) in [6.45, 7) is 3.86. The molecule has 0 aliphatic carbocycles. The molecular formula is C16H18O4. The molecule has 0 fully saturated rings. The van der Waals surface area contributed by atoms with E-state index in [4.69, 9.17) is 4.74 Å². The fourth-order valence-corrected chi connectivity index (χ4v) is 2.78. The van der Waals surface area contributed by atoms with Crippen LogP contribution in [0.3, 0.4) is 0 Å². The lowest BCUT2D eigenvalue weighted by Gasteiger charge is -2.38. The maximum atomic E-state index is 12.5. The molecule has 2 rings (SSSR count). The second-order valence-electron chi connectivity index (χ2n) is 4.89. The van der Waals surface area contributed by atoms with Gasteiger partial charge in [0.05, 0.1) is 12.5 Å². The fraction of sp³-hybridized carbons (Fsp3) is 0.375. The predicted octanol–water partition coefficient (Wildman–Crippen LogP) is 2.58. The van der Waals surface area contributed by atoms with Crippen LogP contribution in [0.2, 0.25) is 0 Å². The molecule has 1 aromatic carbocycles. The summed E-state index contributed by atoms with van der Waals surface area (Å²) >= 11 is 0. The number of hydrogen-bond acceptors (Lipinski definition) is 4. The van der Waals surface area contributed by atoms with Crippen LogP contribution in [0.25, 0.3) is 0 Å². The van der Waals surface area contributed by atoms with Crippen molar-refractivity contribution in [3.8, 4) is 0 Å². The number of benzene rings is 1. The highest BCUT2D eigenvalue weighted by molar-refractivity contribution is 5.94. The molecular weight excluding hydrogens is 256 g/mol. The molecule has 0 saturated heterocycles. The van der Waals surface area contributed by atoms with Crippen LogP contribution in [-0.4, -0.2) is 19.0 Å². The van der Waals surface area contributed by atoms with Crippen molar-refractivity contribution in [1.29, 1.82) is 0 Å². The number of esters is 2. The number of allylic oxidation sites excluding steroid dienone is 1. The number of cyclic esters (lactones) is 1. The number of carbonyl (C=O) groups is 2. The van der Waals surface area contributed by atoms with E-state index in [0.29, 0.717) is 6.42 Å². The average Bonchev–Trinajstić information content (AvgIpc) is 2.47. The van der Waals surface area contributed by atoms with Crippen molar-refractivity contribution >= 4 is 11.9 Å². The number of carbonyl (C=O) groups excluding carboxylic acids is 2. The summed E-state index contributed by atoms with van der Waals surface area (Å²) < 4.78 is 9.83. The molecule has 0 radical (unpaired) electrons. The van der Waals surface area contributed by atoms with E-state index in [1.807, 2.05) is 44.2 Å². The standard InChI is InChI=1S/C16H18O4/c1-4-16(12-8-6-5-7-9-12)11(2)10-13(14(17)19-3)20-15(16)18/h5-11H,4H2,1-3H3/t11-,16+/m0/s1. The molecule has 4 nitrogen and oxygen atoms in total. The Balaban J connectivity index is 2.49. The highest BCUT2D eigenvalue weighted by Gasteiger charge is 2.48. The summed E-state index contributed by atoms with van der Waals surface area (Å²) in [7, 11) is 1.26. The van der Waals surface area contributed by atoms with Crippen LogP contribution < -0.4 is 0 Å². The monoisotopic (exact) mass is 274 g/mol. The molecule has 2 atom stereocenters. The molecule has 1 aromatic rings. The van der Waals surface area contributed by atoms with Crippen molar-refractivity contribution in [2.24, 2.45) is 5.92 Å². The van der Waals surface area contributed by atoms with Crippen molar-refractivity contribution < 1.29 is 19.1 Å². The minimum Gasteiger partial charge on any atom is -0.463 e. The van der Waals surface area contributed by atoms with Gasteiger partial charge in [0.25, 0.3) is 0 Å². The lowest BCUT2D eigenvalue weighted by Crippen LogP contribution is -2.45. The summed E-state index contributed by atoms with van der Waals surface area (Å²) in [4.78, 5) is 24.0. The maximum absolute atomic E-state index is 12.5. The Labute approximate surface area is 118 Å². The van der Waals surface area contributed by atoms with Gasteiger partial charge in [-0.15, -0.1) is 0 Å². The average molecular weight is 274 g/mol. The van der Waals surface area contributed by atoms with Gasteiger partial charge < -0.3 is 9.47 Å². The molecule has 0 bridgehead atoms. The predicted molar refractivity (Wildman–Crippen MR) is 73.8 cm³/mol. The van der Waals surface area contributed by atoms with Gasteiger partial charge in [-0.2, -0.15) is 0 Å². The van der Waals surface area contributed by atoms with E-state index < -0.39 is 17.4 Å². The third kappa shape index (κ3) is 2.11. The molecule has 0 amide bonds. The van der Waals surface area contributed by atoms with Crippen LogP contribution in [0.5, 0.6) is 0 Å². The van der Waals surface area contributed by atoms with Crippen LogP contribution >= 0.6 is 0 Å². The van der Waals surface area contributed by atoms with Gasteiger partial charge in [-0.3, -0.25) is 4.79 Å². The van der Waals surface area contributed by atoms with Crippen LogP contribution in [0.1, 0.15) is 25.8 Å². The van der Waals surface area contributed by atoms with Gasteiger partial charge in [0, 0.05) is 0 Å². The summed E-state index contributed by atoms with van der Waals surface area (Å²) in [6, 6.07) is 9.52. The van der Waals surface area contributed by atoms with E-state index in [2.05, 4.69) is 4.74 Å². The third-order valence-corrected chi connectivity index (χ3v) is 3.98. The Morgan fingerprint density at radius 2 is 2.00 bits per heavy atom. The maximum Gasteiger partial charge on any atom is 0.373 e. The van der Waals surface area contributed by atoms with Gasteiger partial charge in [0.2, 0.25) is 5.76 Å². The quantitative estimate of drug-likeness (QED) is 0.795. The first-order chi connectivity index (χ1) is 9.56. The molecule has 1 aliphatic heterocycles. The molecule has 4 heteroatoms. The van der Waals surface area contributed by atoms with Gasteiger partial charge in [0.15, 0.2) is 0 Å². The van der Waals surface area contributed by atoms with E-state index in [0.717, 1.165) is 5.56 Å². The van der Waals surface area contributed by atoms with Crippen molar-refractivity contribution in [3.63, 3.8) is 0 Å². The van der Waals surface area contributed by atoms with Crippen molar-refractivity contribution in [2.75, 3.05) is 7.11 Å². The van der Waals surface area contributed by atoms with Crippen LogP contribution in [0, 0.1) is 5.92 Å². The molecule has 0 saturated carbocycles. The zero-order valence-corrected chi connectivity index (χ0v) is 11.9. The van der Waals surface area contributed by atoms with Gasteiger partial charge in [0.1, 0.15) is 0 Å². The van der Waals surface area contributed by atoms with E-state index in [-0.39, 0.29) is 11.7 Å². The minimum atomic E-state index is -0.751. The first kappa shape index (κ1) is 14.3. The van der Waals surface area contributed by atoms with E-state index in [1.54, 1.807) is 6.08 Å². The summed E-state index contributed by atoms with van der Waals surface area (Å²) in [5, 5.41) is 0. The number of ether oxygens (including phenoxy) is 2. The molecule has 0 N–H and O–H groups in total. The normalized spacial score (nSPS) is 25.6. The van der Waals surface area contributed by atoms with E-state index in [9.17, 15) is 9.59 Å². The number of hydrogen-bond donors (Lipinski definition) is 0. The second-order valence-corrected chi connectivity index (χ2v) is 4.89. The van der Waals surface area contributed by atoms with Crippen LogP contribution in [-0.2, 0) is 24.5 Å². The van der Waals surface area contributed by atoms with E-state index in [1.165, 1.54) is 7.11 Å². The summed E-state index contributed by atoms with van der Waals surface area (Å²) in [5.74, 6) is -1.19. The Hall–Kier alpha value is -2.10. The zero-order chi connectivity index (χ0) is 14.8. The van der Waals surface area contributed by atoms with Crippen molar-refractivity contribution in [2.45, 2.75) is 25.7 Å². The van der Waals surface area contributed by atoms with Gasteiger partial charge in [-0.1, -0.05) is 44.2 Å². The topological polar surface area (TPSA) is 52.6 Å². The Morgan fingerprint density at radius 1 is 1.35 bits per heavy atom. The Kier molecular flexibility index (Phi) is 3.93. The van der Waals surface area contributed by atoms with Crippen LogP contribution in [0.15, 0.2) is 42.2 Å². The Morgan fingerprint density at radius 3 is 2.50 bits per heavy atom. The van der Waals surface area contributed by atoms with E-state index >= 15 is 0 Å². The SMILES string of the molecule is CC[C@@]1(c2ccccc2)C(=O)OC(C(=O)OC)=C[C@@H]1C. The second kappa shape index (κ2) is 5.49. The molecule has 1 heterocycles. The Bertz CT molecular complexity index is 547. The summed E-state index contributed by atoms with van der Waals surface area (Å²) in [5.41, 5.74) is 0.152. The number of rotatable bonds is 3. The lowest BCUT2D eigenvalue weighted by atomic mass is 9.68. The highest BCUT2D eigenvalue weighted by atomic mass is 16.6. The van der Waals surface area contributed by atoms with Crippen LogP contribution in [0.4, 0.5) is 0 Å². The van der Waals surface area contributed by atoms with Gasteiger partial charge in [-0.05, 0) is 24.0 Å². The van der Waals surface area contributed by atoms with Gasteiger partial charge in [-0.25, -0.2) is 4.79 Å². The largest absolute Gasteiger partial charge is 0.463 e. The third-order valence-electron chi connectivity index (χ3n) is 3.98. The zero-order valence-electron chi connectivity index (χ0n) is 11.9.